The summed E-state index contributed by atoms with van der Waals surface area (Å²) < 4.78 is 24.6. The van der Waals surface area contributed by atoms with Crippen molar-refractivity contribution in [3.63, 3.8) is 0 Å². The smallest absolute Gasteiger partial charge is 0.157 e. The predicted octanol–water partition coefficient (Wildman–Crippen LogP) is 1.50. The first-order valence-electron chi connectivity index (χ1n) is 4.11. The average molecular weight is 211 g/mol. The number of ether oxygens (including phenoxy) is 1. The third kappa shape index (κ3) is 2.00. The van der Waals surface area contributed by atoms with Crippen LogP contribution in [0.15, 0.2) is 23.2 Å². The molecule has 0 radical (unpaired) electrons. The van der Waals surface area contributed by atoms with E-state index in [1.165, 1.54) is 0 Å². The van der Waals surface area contributed by atoms with E-state index in [9.17, 15) is 4.21 Å². The first kappa shape index (κ1) is 9.36. The van der Waals surface area contributed by atoms with E-state index in [1.54, 1.807) is 24.4 Å². The van der Waals surface area contributed by atoms with Gasteiger partial charge in [-0.3, -0.25) is 4.99 Å². The predicted molar refractivity (Wildman–Crippen MR) is 54.6 cm³/mol. The fourth-order valence-corrected chi connectivity index (χ4v) is 1.75. The van der Waals surface area contributed by atoms with Crippen LogP contribution < -0.4 is 4.74 Å². The Hall–Kier alpha value is -1.20. The van der Waals surface area contributed by atoms with Gasteiger partial charge in [-0.2, -0.15) is 0 Å². The number of nitrogens with zero attached hydrogens (tertiary/aromatic N) is 1. The first-order valence-corrected chi connectivity index (χ1v) is 5.39. The van der Waals surface area contributed by atoms with Crippen molar-refractivity contribution < 1.29 is 13.5 Å². The fourth-order valence-electron chi connectivity index (χ4n) is 1.28. The molecule has 0 saturated heterocycles. The van der Waals surface area contributed by atoms with E-state index in [2.05, 4.69) is 4.99 Å². The van der Waals surface area contributed by atoms with Crippen molar-refractivity contribution in [1.82, 2.24) is 0 Å². The normalized spacial score (nSPS) is 15.8. The largest absolute Gasteiger partial charge is 0.486 e. The zero-order chi connectivity index (χ0) is 9.97. The molecule has 4 nitrogen and oxygen atoms in total. The standard InChI is InChI=1S/C9H9NO3S/c11-14(12)6-7-1-2-9-8(5-7)10-3-4-13-9/h1-3,5H,4,6H2,(H,11,12). The lowest BCUT2D eigenvalue weighted by Gasteiger charge is -2.11. The van der Waals surface area contributed by atoms with E-state index in [1.807, 2.05) is 0 Å². The maximum atomic E-state index is 10.6. The molecule has 1 aliphatic heterocycles. The Labute approximate surface area is 83.9 Å². The van der Waals surface area contributed by atoms with E-state index in [0.717, 1.165) is 17.0 Å². The van der Waals surface area contributed by atoms with Gasteiger partial charge in [-0.15, -0.1) is 0 Å². The van der Waals surface area contributed by atoms with Crippen LogP contribution in [0.4, 0.5) is 5.69 Å². The minimum atomic E-state index is -1.81. The molecule has 0 saturated carbocycles. The Morgan fingerprint density at radius 3 is 3.21 bits per heavy atom. The van der Waals surface area contributed by atoms with Crippen molar-refractivity contribution in [2.24, 2.45) is 4.99 Å². The maximum absolute atomic E-state index is 10.6. The van der Waals surface area contributed by atoms with Gasteiger partial charge in [0.05, 0.1) is 5.75 Å². The molecule has 1 atom stereocenters. The van der Waals surface area contributed by atoms with Gasteiger partial charge in [0.1, 0.15) is 18.0 Å². The molecule has 0 fully saturated rings. The highest BCUT2D eigenvalue weighted by atomic mass is 32.2. The summed E-state index contributed by atoms with van der Waals surface area (Å²) in [5.74, 6) is 0.850. The van der Waals surface area contributed by atoms with Crippen LogP contribution in [-0.4, -0.2) is 21.6 Å². The van der Waals surface area contributed by atoms with E-state index < -0.39 is 11.1 Å². The number of hydrogen-bond donors (Lipinski definition) is 1. The van der Waals surface area contributed by atoms with Crippen LogP contribution in [-0.2, 0) is 16.8 Å². The summed E-state index contributed by atoms with van der Waals surface area (Å²) in [4.78, 5) is 4.13. The molecule has 5 heteroatoms. The second-order valence-corrected chi connectivity index (χ2v) is 3.82. The van der Waals surface area contributed by atoms with Gasteiger partial charge < -0.3 is 9.29 Å². The third-order valence-electron chi connectivity index (χ3n) is 1.86. The molecule has 2 rings (SSSR count). The summed E-state index contributed by atoms with van der Waals surface area (Å²) in [5.41, 5.74) is 1.51. The van der Waals surface area contributed by atoms with Crippen LogP contribution in [0.1, 0.15) is 5.56 Å². The van der Waals surface area contributed by atoms with Gasteiger partial charge in [0.2, 0.25) is 0 Å². The van der Waals surface area contributed by atoms with Crippen molar-refractivity contribution in [3.8, 4) is 5.75 Å². The zero-order valence-corrected chi connectivity index (χ0v) is 8.16. The first-order chi connectivity index (χ1) is 6.75. The summed E-state index contributed by atoms with van der Waals surface area (Å²) in [6.45, 7) is 0.484. The van der Waals surface area contributed by atoms with Gasteiger partial charge in [-0.05, 0) is 17.7 Å². The summed E-state index contributed by atoms with van der Waals surface area (Å²) in [6, 6.07) is 5.31. The molecule has 14 heavy (non-hydrogen) atoms. The lowest BCUT2D eigenvalue weighted by Crippen LogP contribution is -2.03. The van der Waals surface area contributed by atoms with Crippen LogP contribution in [0.5, 0.6) is 5.75 Å². The second-order valence-electron chi connectivity index (χ2n) is 2.89. The third-order valence-corrected chi connectivity index (χ3v) is 2.44. The van der Waals surface area contributed by atoms with Crippen molar-refractivity contribution in [1.29, 1.82) is 0 Å². The Morgan fingerprint density at radius 1 is 1.57 bits per heavy atom. The highest BCUT2D eigenvalue weighted by Crippen LogP contribution is 2.30. The number of benzene rings is 1. The van der Waals surface area contributed by atoms with E-state index in [-0.39, 0.29) is 5.75 Å². The van der Waals surface area contributed by atoms with Crippen LogP contribution in [0.25, 0.3) is 0 Å². The Kier molecular flexibility index (Phi) is 2.60. The maximum Gasteiger partial charge on any atom is 0.157 e. The van der Waals surface area contributed by atoms with Gasteiger partial charge in [0, 0.05) is 6.21 Å². The van der Waals surface area contributed by atoms with Gasteiger partial charge in [-0.1, -0.05) is 6.07 Å². The lowest BCUT2D eigenvalue weighted by molar-refractivity contribution is 0.377. The molecule has 74 valence electrons. The van der Waals surface area contributed by atoms with Gasteiger partial charge >= 0.3 is 0 Å². The topological polar surface area (TPSA) is 58.9 Å². The quantitative estimate of drug-likeness (QED) is 0.754. The SMILES string of the molecule is O=S(O)Cc1ccc2c(c1)N=CCO2. The summed E-state index contributed by atoms with van der Waals surface area (Å²) in [6.07, 6.45) is 1.67. The number of aliphatic imine (C=N–C) groups is 1. The molecule has 1 aromatic carbocycles. The monoisotopic (exact) mass is 211 g/mol. The molecule has 0 aliphatic carbocycles. The highest BCUT2D eigenvalue weighted by Gasteiger charge is 2.08. The molecule has 1 heterocycles. The van der Waals surface area contributed by atoms with Gasteiger partial charge in [-0.25, -0.2) is 4.21 Å². The number of fused-ring (bicyclic) bond motifs is 1. The van der Waals surface area contributed by atoms with Crippen LogP contribution in [0.2, 0.25) is 0 Å². The highest BCUT2D eigenvalue weighted by molar-refractivity contribution is 7.78. The van der Waals surface area contributed by atoms with Crippen molar-refractivity contribution in [2.45, 2.75) is 5.75 Å². The molecule has 0 spiro atoms. The molecular weight excluding hydrogens is 202 g/mol. The second kappa shape index (κ2) is 3.89. The summed E-state index contributed by atoms with van der Waals surface area (Å²) in [7, 11) is 0. The Balaban J connectivity index is 2.30. The Morgan fingerprint density at radius 2 is 2.43 bits per heavy atom. The lowest BCUT2D eigenvalue weighted by atomic mass is 10.2. The van der Waals surface area contributed by atoms with Gasteiger partial charge in [0.25, 0.3) is 0 Å². The summed E-state index contributed by atoms with van der Waals surface area (Å²) in [5, 5.41) is 0. The zero-order valence-electron chi connectivity index (χ0n) is 7.34. The molecule has 1 N–H and O–H groups in total. The molecule has 1 unspecified atom stereocenters. The minimum Gasteiger partial charge on any atom is -0.486 e. The number of hydrogen-bond acceptors (Lipinski definition) is 3. The molecule has 0 amide bonds. The van der Waals surface area contributed by atoms with Crippen LogP contribution >= 0.6 is 0 Å². The molecule has 1 aliphatic rings. The number of rotatable bonds is 2. The minimum absolute atomic E-state index is 0.128. The molecular formula is C9H9NO3S. The van der Waals surface area contributed by atoms with Gasteiger partial charge in [0.15, 0.2) is 11.1 Å². The van der Waals surface area contributed by atoms with E-state index >= 15 is 0 Å². The van der Waals surface area contributed by atoms with E-state index in [4.69, 9.17) is 9.29 Å². The molecule has 1 aromatic rings. The Bertz CT molecular complexity index is 403. The molecule has 0 bridgehead atoms. The summed E-state index contributed by atoms with van der Waals surface area (Å²) >= 11 is -1.81. The average Bonchev–Trinajstić information content (AvgIpc) is 2.17. The molecule has 0 aromatic heterocycles. The van der Waals surface area contributed by atoms with Crippen LogP contribution in [0, 0.1) is 0 Å². The van der Waals surface area contributed by atoms with Crippen molar-refractivity contribution >= 4 is 23.0 Å². The van der Waals surface area contributed by atoms with Crippen LogP contribution in [0.3, 0.4) is 0 Å². The van der Waals surface area contributed by atoms with Crippen molar-refractivity contribution in [2.75, 3.05) is 6.61 Å². The van der Waals surface area contributed by atoms with Crippen molar-refractivity contribution in [3.05, 3.63) is 23.8 Å². The fraction of sp³-hybridized carbons (Fsp3) is 0.222. The van der Waals surface area contributed by atoms with E-state index in [0.29, 0.717) is 6.61 Å².